The van der Waals surface area contributed by atoms with Crippen LogP contribution in [0.25, 0.3) is 11.0 Å². The maximum atomic E-state index is 13.0. The van der Waals surface area contributed by atoms with Crippen LogP contribution in [0.15, 0.2) is 52.0 Å². The number of ether oxygens (including phenoxy) is 1. The van der Waals surface area contributed by atoms with Gasteiger partial charge in [-0.1, -0.05) is 12.1 Å². The van der Waals surface area contributed by atoms with Crippen LogP contribution in [0.3, 0.4) is 0 Å². The van der Waals surface area contributed by atoms with Gasteiger partial charge >= 0.3 is 0 Å². The highest BCUT2D eigenvalue weighted by atomic mass is 32.2. The molecule has 0 spiro atoms. The molecule has 0 radical (unpaired) electrons. The highest BCUT2D eigenvalue weighted by Crippen LogP contribution is 2.27. The molecule has 1 fully saturated rings. The van der Waals surface area contributed by atoms with Crippen LogP contribution in [0.5, 0.6) is 0 Å². The lowest BCUT2D eigenvalue weighted by molar-refractivity contribution is -0.115. The van der Waals surface area contributed by atoms with Crippen LogP contribution >= 0.6 is 0 Å². The maximum Gasteiger partial charge on any atom is 0.243 e. The van der Waals surface area contributed by atoms with Crippen LogP contribution in [-0.2, 0) is 26.0 Å². The lowest BCUT2D eigenvalue weighted by atomic mass is 10.0. The van der Waals surface area contributed by atoms with E-state index in [0.29, 0.717) is 18.8 Å². The lowest BCUT2D eigenvalue weighted by Gasteiger charge is -2.34. The number of hydrogen-bond donors (Lipinski definition) is 1. The van der Waals surface area contributed by atoms with Crippen molar-refractivity contribution >= 4 is 32.6 Å². The molecule has 1 aliphatic heterocycles. The Bertz CT molecular complexity index is 1240. The van der Waals surface area contributed by atoms with Crippen molar-refractivity contribution in [2.24, 2.45) is 0 Å². The second-order valence-electron chi connectivity index (χ2n) is 8.47. The molecule has 1 amide bonds. The van der Waals surface area contributed by atoms with Gasteiger partial charge in [0, 0.05) is 29.7 Å². The van der Waals surface area contributed by atoms with E-state index in [-0.39, 0.29) is 29.4 Å². The van der Waals surface area contributed by atoms with Gasteiger partial charge in [-0.2, -0.15) is 4.31 Å². The number of hydrogen-bond acceptors (Lipinski definition) is 5. The van der Waals surface area contributed by atoms with Crippen molar-refractivity contribution in [2.75, 3.05) is 18.4 Å². The Kier molecular flexibility index (Phi) is 6.11. The molecule has 1 N–H and O–H groups in total. The molecule has 0 unspecified atom stereocenters. The third-order valence-electron chi connectivity index (χ3n) is 5.85. The Morgan fingerprint density at radius 2 is 1.72 bits per heavy atom. The van der Waals surface area contributed by atoms with Gasteiger partial charge in [0.05, 0.1) is 29.8 Å². The molecule has 1 aromatic heterocycles. The van der Waals surface area contributed by atoms with E-state index in [1.807, 2.05) is 39.8 Å². The van der Waals surface area contributed by atoms with Crippen molar-refractivity contribution in [3.63, 3.8) is 0 Å². The number of amides is 1. The predicted octanol–water partition coefficient (Wildman–Crippen LogP) is 4.03. The first-order chi connectivity index (χ1) is 15.1. The van der Waals surface area contributed by atoms with E-state index >= 15 is 0 Å². The third kappa shape index (κ3) is 4.44. The molecule has 1 saturated heterocycles. The van der Waals surface area contributed by atoms with Gasteiger partial charge in [0.1, 0.15) is 5.58 Å². The van der Waals surface area contributed by atoms with Gasteiger partial charge in [-0.25, -0.2) is 8.42 Å². The standard InChI is InChI=1S/C24H28N2O5S/c1-15-5-10-22-19(14-30-24(22)18(15)4)11-23(27)25-20-6-8-21(9-7-20)32(28,29)26-12-16(2)31-17(3)13-26/h5-10,14,16-17H,11-13H2,1-4H3,(H,25,27)/t16-,17-/m0/s1. The first-order valence-electron chi connectivity index (χ1n) is 10.7. The van der Waals surface area contributed by atoms with Gasteiger partial charge in [-0.3, -0.25) is 4.79 Å². The summed E-state index contributed by atoms with van der Waals surface area (Å²) in [5.74, 6) is -0.197. The van der Waals surface area contributed by atoms with E-state index in [2.05, 4.69) is 5.32 Å². The molecular weight excluding hydrogens is 428 g/mol. The van der Waals surface area contributed by atoms with Crippen LogP contribution in [-0.4, -0.2) is 43.9 Å². The SMILES string of the molecule is Cc1ccc2c(CC(=O)Nc3ccc(S(=O)(=O)N4C[C@H](C)O[C@@H](C)C4)cc3)coc2c1C. The number of sulfonamides is 1. The molecular formula is C24H28N2O5S. The summed E-state index contributed by atoms with van der Waals surface area (Å²) in [5, 5.41) is 3.76. The van der Waals surface area contributed by atoms with Crippen molar-refractivity contribution < 1.29 is 22.4 Å². The molecule has 32 heavy (non-hydrogen) atoms. The minimum absolute atomic E-state index is 0.154. The zero-order chi connectivity index (χ0) is 23.0. The number of morpholine rings is 1. The van der Waals surface area contributed by atoms with Crippen molar-refractivity contribution in [2.45, 2.75) is 51.2 Å². The van der Waals surface area contributed by atoms with Gasteiger partial charge in [-0.15, -0.1) is 0 Å². The molecule has 2 aromatic carbocycles. The Labute approximate surface area is 188 Å². The molecule has 2 atom stereocenters. The fraction of sp³-hybridized carbons (Fsp3) is 0.375. The van der Waals surface area contributed by atoms with E-state index in [1.165, 1.54) is 16.4 Å². The molecule has 170 valence electrons. The van der Waals surface area contributed by atoms with Crippen LogP contribution in [0.4, 0.5) is 5.69 Å². The molecule has 8 heteroatoms. The fourth-order valence-electron chi connectivity index (χ4n) is 4.09. The quantitative estimate of drug-likeness (QED) is 0.626. The number of fused-ring (bicyclic) bond motifs is 1. The number of anilines is 1. The largest absolute Gasteiger partial charge is 0.464 e. The Hall–Kier alpha value is -2.68. The zero-order valence-corrected chi connectivity index (χ0v) is 19.5. The van der Waals surface area contributed by atoms with Gasteiger partial charge < -0.3 is 14.5 Å². The molecule has 2 heterocycles. The monoisotopic (exact) mass is 456 g/mol. The summed E-state index contributed by atoms with van der Waals surface area (Å²) in [6.07, 6.45) is 1.48. The number of furan rings is 1. The lowest BCUT2D eigenvalue weighted by Crippen LogP contribution is -2.48. The number of aryl methyl sites for hydroxylation is 2. The summed E-state index contributed by atoms with van der Waals surface area (Å²) in [7, 11) is -3.62. The summed E-state index contributed by atoms with van der Waals surface area (Å²) in [4.78, 5) is 12.8. The fourth-order valence-corrected chi connectivity index (χ4v) is 5.68. The molecule has 0 bridgehead atoms. The average molecular weight is 457 g/mol. The highest BCUT2D eigenvalue weighted by molar-refractivity contribution is 7.89. The minimum atomic E-state index is -3.62. The van der Waals surface area contributed by atoms with Gasteiger partial charge in [0.25, 0.3) is 0 Å². The highest BCUT2D eigenvalue weighted by Gasteiger charge is 2.32. The minimum Gasteiger partial charge on any atom is -0.464 e. The number of carbonyl (C=O) groups is 1. The molecule has 3 aromatic rings. The number of nitrogens with one attached hydrogen (secondary N) is 1. The van der Waals surface area contributed by atoms with Crippen LogP contribution in [0, 0.1) is 13.8 Å². The maximum absolute atomic E-state index is 13.0. The van der Waals surface area contributed by atoms with Crippen molar-refractivity contribution in [3.05, 3.63) is 59.4 Å². The second kappa shape index (κ2) is 8.69. The number of carbonyl (C=O) groups excluding carboxylic acids is 1. The molecule has 0 saturated carbocycles. The Morgan fingerprint density at radius 1 is 1.06 bits per heavy atom. The molecule has 4 rings (SSSR count). The van der Waals surface area contributed by atoms with E-state index in [1.54, 1.807) is 18.4 Å². The van der Waals surface area contributed by atoms with E-state index < -0.39 is 10.0 Å². The number of nitrogens with zero attached hydrogens (tertiary/aromatic N) is 1. The number of benzene rings is 2. The molecule has 1 aliphatic rings. The third-order valence-corrected chi connectivity index (χ3v) is 7.70. The van der Waals surface area contributed by atoms with Crippen molar-refractivity contribution in [1.82, 2.24) is 4.31 Å². The number of rotatable bonds is 5. The van der Waals surface area contributed by atoms with Crippen LogP contribution < -0.4 is 5.32 Å². The summed E-state index contributed by atoms with van der Waals surface area (Å²) in [6, 6.07) is 10.3. The van der Waals surface area contributed by atoms with Crippen molar-refractivity contribution in [3.8, 4) is 0 Å². The van der Waals surface area contributed by atoms with Crippen molar-refractivity contribution in [1.29, 1.82) is 0 Å². The normalized spacial score (nSPS) is 19.9. The predicted molar refractivity (Wildman–Crippen MR) is 123 cm³/mol. The summed E-state index contributed by atoms with van der Waals surface area (Å²) >= 11 is 0. The summed E-state index contributed by atoms with van der Waals surface area (Å²) < 4.78 is 38.7. The summed E-state index contributed by atoms with van der Waals surface area (Å²) in [5.41, 5.74) is 4.36. The Morgan fingerprint density at radius 3 is 2.38 bits per heavy atom. The van der Waals surface area contributed by atoms with Crippen LogP contribution in [0.2, 0.25) is 0 Å². The van der Waals surface area contributed by atoms with Gasteiger partial charge in [0.15, 0.2) is 0 Å². The van der Waals surface area contributed by atoms with Gasteiger partial charge in [0.2, 0.25) is 15.9 Å². The molecule has 7 nitrogen and oxygen atoms in total. The van der Waals surface area contributed by atoms with E-state index in [0.717, 1.165) is 27.7 Å². The van der Waals surface area contributed by atoms with Gasteiger partial charge in [-0.05, 0) is 63.1 Å². The average Bonchev–Trinajstić information content (AvgIpc) is 3.13. The Balaban J connectivity index is 1.45. The molecule has 0 aliphatic carbocycles. The first kappa shape index (κ1) is 22.5. The topological polar surface area (TPSA) is 88.9 Å². The zero-order valence-electron chi connectivity index (χ0n) is 18.7. The first-order valence-corrected chi connectivity index (χ1v) is 12.1. The second-order valence-corrected chi connectivity index (χ2v) is 10.4. The summed E-state index contributed by atoms with van der Waals surface area (Å²) in [6.45, 7) is 8.39. The van der Waals surface area contributed by atoms with E-state index in [9.17, 15) is 13.2 Å². The van der Waals surface area contributed by atoms with Crippen LogP contribution in [0.1, 0.15) is 30.5 Å². The smallest absolute Gasteiger partial charge is 0.243 e. The van der Waals surface area contributed by atoms with E-state index in [4.69, 9.17) is 9.15 Å².